The molecule has 0 aromatic carbocycles. The summed E-state index contributed by atoms with van der Waals surface area (Å²) in [6.07, 6.45) is 6.82. The molecule has 3 rings (SSSR count). The largest absolute Gasteiger partial charge is 0.370 e. The van der Waals surface area contributed by atoms with E-state index in [1.807, 2.05) is 13.8 Å². The zero-order valence-corrected chi connectivity index (χ0v) is 14.7. The monoisotopic (exact) mass is 341 g/mol. The van der Waals surface area contributed by atoms with Gasteiger partial charge in [-0.05, 0) is 44.7 Å². The number of hydrogen-bond donors (Lipinski definition) is 1. The second-order valence-electron chi connectivity index (χ2n) is 6.37. The zero-order valence-electron chi connectivity index (χ0n) is 14.7. The molecule has 1 aliphatic rings. The lowest BCUT2D eigenvalue weighted by atomic mass is 10.1. The summed E-state index contributed by atoms with van der Waals surface area (Å²) in [6, 6.07) is 3.31. The number of rotatable bonds is 4. The maximum atomic E-state index is 12.3. The standard InChI is InChI=1S/C18H23N5O2/c1-13-14(2)19-7-6-16(13)21-17(24)12-23-18(25)10-15(11-20-23)22-8-4-3-5-9-22/h6-7,10-11H,3-5,8-9,12H2,1-2H3,(H,19,21,24). The first kappa shape index (κ1) is 17.1. The summed E-state index contributed by atoms with van der Waals surface area (Å²) in [5.41, 5.74) is 3.05. The van der Waals surface area contributed by atoms with Crippen LogP contribution in [0.15, 0.2) is 29.3 Å². The summed E-state index contributed by atoms with van der Waals surface area (Å²) in [4.78, 5) is 30.9. The van der Waals surface area contributed by atoms with E-state index in [9.17, 15) is 9.59 Å². The molecule has 0 spiro atoms. The minimum absolute atomic E-state index is 0.111. The van der Waals surface area contributed by atoms with Crippen LogP contribution in [0.1, 0.15) is 30.5 Å². The quantitative estimate of drug-likeness (QED) is 0.918. The number of nitrogens with one attached hydrogen (secondary N) is 1. The minimum Gasteiger partial charge on any atom is -0.370 e. The Hall–Kier alpha value is -2.70. The molecule has 2 aromatic rings. The van der Waals surface area contributed by atoms with E-state index >= 15 is 0 Å². The molecule has 1 aliphatic heterocycles. The SMILES string of the molecule is Cc1nccc(NC(=O)Cn2ncc(N3CCCCC3)cc2=O)c1C. The highest BCUT2D eigenvalue weighted by Crippen LogP contribution is 2.17. The average Bonchev–Trinajstić information content (AvgIpc) is 2.61. The van der Waals surface area contributed by atoms with E-state index in [-0.39, 0.29) is 18.0 Å². The molecule has 1 fully saturated rings. The van der Waals surface area contributed by atoms with Crippen molar-refractivity contribution in [3.8, 4) is 0 Å². The third-order valence-corrected chi connectivity index (χ3v) is 4.60. The molecular weight excluding hydrogens is 318 g/mol. The van der Waals surface area contributed by atoms with E-state index in [4.69, 9.17) is 0 Å². The third kappa shape index (κ3) is 4.04. The van der Waals surface area contributed by atoms with Crippen LogP contribution in [-0.4, -0.2) is 33.8 Å². The number of piperidine rings is 1. The molecule has 7 heteroatoms. The van der Waals surface area contributed by atoms with Crippen LogP contribution in [0.4, 0.5) is 11.4 Å². The second-order valence-corrected chi connectivity index (χ2v) is 6.37. The fourth-order valence-electron chi connectivity index (χ4n) is 2.97. The lowest BCUT2D eigenvalue weighted by Gasteiger charge is -2.28. The number of carbonyl (C=O) groups is 1. The minimum atomic E-state index is -0.283. The van der Waals surface area contributed by atoms with Crippen molar-refractivity contribution < 1.29 is 4.79 Å². The summed E-state index contributed by atoms with van der Waals surface area (Å²) >= 11 is 0. The van der Waals surface area contributed by atoms with Crippen molar-refractivity contribution in [3.05, 3.63) is 46.1 Å². The molecule has 1 saturated heterocycles. The molecule has 1 amide bonds. The van der Waals surface area contributed by atoms with Gasteiger partial charge in [-0.1, -0.05) is 0 Å². The first-order chi connectivity index (χ1) is 12.0. The van der Waals surface area contributed by atoms with Crippen LogP contribution in [0.25, 0.3) is 0 Å². The van der Waals surface area contributed by atoms with Crippen LogP contribution < -0.4 is 15.8 Å². The van der Waals surface area contributed by atoms with Gasteiger partial charge < -0.3 is 10.2 Å². The van der Waals surface area contributed by atoms with E-state index in [2.05, 4.69) is 20.3 Å². The predicted octanol–water partition coefficient (Wildman–Crippen LogP) is 1.88. The van der Waals surface area contributed by atoms with Gasteiger partial charge in [0, 0.05) is 36.7 Å². The fourth-order valence-corrected chi connectivity index (χ4v) is 2.97. The van der Waals surface area contributed by atoms with E-state index < -0.39 is 0 Å². The Morgan fingerprint density at radius 1 is 1.24 bits per heavy atom. The van der Waals surface area contributed by atoms with Crippen LogP contribution in [0.5, 0.6) is 0 Å². The van der Waals surface area contributed by atoms with Gasteiger partial charge in [0.05, 0.1) is 11.9 Å². The Morgan fingerprint density at radius 2 is 2.00 bits per heavy atom. The number of aryl methyl sites for hydroxylation is 1. The Bertz CT molecular complexity index is 824. The smallest absolute Gasteiger partial charge is 0.269 e. The van der Waals surface area contributed by atoms with Gasteiger partial charge >= 0.3 is 0 Å². The summed E-state index contributed by atoms with van der Waals surface area (Å²) in [7, 11) is 0. The van der Waals surface area contributed by atoms with Crippen molar-refractivity contribution in [2.24, 2.45) is 0 Å². The van der Waals surface area contributed by atoms with Crippen molar-refractivity contribution in [2.45, 2.75) is 39.7 Å². The molecule has 0 unspecified atom stereocenters. The topological polar surface area (TPSA) is 80.1 Å². The number of amides is 1. The van der Waals surface area contributed by atoms with E-state index in [0.29, 0.717) is 5.69 Å². The molecule has 0 saturated carbocycles. The van der Waals surface area contributed by atoms with Crippen molar-refractivity contribution in [3.63, 3.8) is 0 Å². The van der Waals surface area contributed by atoms with Gasteiger partial charge in [0.15, 0.2) is 0 Å². The van der Waals surface area contributed by atoms with Crippen LogP contribution >= 0.6 is 0 Å². The highest BCUT2D eigenvalue weighted by atomic mass is 16.2. The molecule has 3 heterocycles. The van der Waals surface area contributed by atoms with Gasteiger partial charge in [-0.15, -0.1) is 0 Å². The van der Waals surface area contributed by atoms with Crippen LogP contribution in [0, 0.1) is 13.8 Å². The molecule has 1 N–H and O–H groups in total. The highest BCUT2D eigenvalue weighted by Gasteiger charge is 2.14. The Morgan fingerprint density at radius 3 is 2.72 bits per heavy atom. The number of aromatic nitrogens is 3. The molecule has 0 atom stereocenters. The predicted molar refractivity (Wildman–Crippen MR) is 96.9 cm³/mol. The van der Waals surface area contributed by atoms with Crippen LogP contribution in [-0.2, 0) is 11.3 Å². The molecule has 0 aliphatic carbocycles. The van der Waals surface area contributed by atoms with Crippen LogP contribution in [0.2, 0.25) is 0 Å². The van der Waals surface area contributed by atoms with E-state index in [0.717, 1.165) is 42.9 Å². The van der Waals surface area contributed by atoms with E-state index in [1.165, 1.54) is 11.1 Å². The first-order valence-corrected chi connectivity index (χ1v) is 8.59. The molecule has 7 nitrogen and oxygen atoms in total. The number of carbonyl (C=O) groups excluding carboxylic acids is 1. The van der Waals surface area contributed by atoms with Gasteiger partial charge in [0.1, 0.15) is 6.54 Å². The summed E-state index contributed by atoms with van der Waals surface area (Å²) in [6.45, 7) is 5.57. The Balaban J connectivity index is 1.69. The van der Waals surface area contributed by atoms with Gasteiger partial charge in [-0.3, -0.25) is 14.6 Å². The first-order valence-electron chi connectivity index (χ1n) is 8.59. The molecule has 132 valence electrons. The number of pyridine rings is 1. The molecule has 0 radical (unpaired) electrons. The number of hydrogen-bond acceptors (Lipinski definition) is 5. The summed E-state index contributed by atoms with van der Waals surface area (Å²) in [5.74, 6) is -0.283. The van der Waals surface area contributed by atoms with Gasteiger partial charge in [0.2, 0.25) is 5.91 Å². The van der Waals surface area contributed by atoms with Crippen molar-refractivity contribution >= 4 is 17.3 Å². The van der Waals surface area contributed by atoms with Crippen LogP contribution in [0.3, 0.4) is 0 Å². The van der Waals surface area contributed by atoms with E-state index in [1.54, 1.807) is 24.5 Å². The van der Waals surface area contributed by atoms with Crippen molar-refractivity contribution in [2.75, 3.05) is 23.3 Å². The van der Waals surface area contributed by atoms with Gasteiger partial charge in [-0.25, -0.2) is 4.68 Å². The number of nitrogens with zero attached hydrogens (tertiary/aromatic N) is 4. The second kappa shape index (κ2) is 7.46. The van der Waals surface area contributed by atoms with Crippen molar-refractivity contribution in [1.82, 2.24) is 14.8 Å². The normalized spacial score (nSPS) is 14.4. The number of anilines is 2. The molecule has 2 aromatic heterocycles. The van der Waals surface area contributed by atoms with Crippen molar-refractivity contribution in [1.29, 1.82) is 0 Å². The average molecular weight is 341 g/mol. The highest BCUT2D eigenvalue weighted by molar-refractivity contribution is 5.91. The maximum absolute atomic E-state index is 12.3. The molecular formula is C18H23N5O2. The van der Waals surface area contributed by atoms with Gasteiger partial charge in [-0.2, -0.15) is 5.10 Å². The lowest BCUT2D eigenvalue weighted by molar-refractivity contribution is -0.117. The fraction of sp³-hybridized carbons (Fsp3) is 0.444. The van der Waals surface area contributed by atoms with Gasteiger partial charge in [0.25, 0.3) is 5.56 Å². The summed E-state index contributed by atoms with van der Waals surface area (Å²) in [5, 5.41) is 6.98. The Kier molecular flexibility index (Phi) is 5.11. The third-order valence-electron chi connectivity index (χ3n) is 4.60. The maximum Gasteiger partial charge on any atom is 0.269 e. The Labute approximate surface area is 146 Å². The summed E-state index contributed by atoms with van der Waals surface area (Å²) < 4.78 is 1.19. The molecule has 25 heavy (non-hydrogen) atoms. The zero-order chi connectivity index (χ0) is 17.8. The lowest BCUT2D eigenvalue weighted by Crippen LogP contribution is -2.33. The molecule has 0 bridgehead atoms.